The van der Waals surface area contributed by atoms with Crippen molar-refractivity contribution in [3.05, 3.63) is 0 Å². The molecule has 2 aliphatic rings. The quantitative estimate of drug-likeness (QED) is 0.394. The number of aliphatic hydroxyl groups is 4. The number of hydrogen-bond acceptors (Lipinski definition) is 6. The molecule has 2 rings (SSSR count). The number of rotatable bonds is 1. The Bertz CT molecular complexity index is 235. The van der Waals surface area contributed by atoms with E-state index in [-0.39, 0.29) is 0 Å². The molecule has 0 radical (unpaired) electrons. The summed E-state index contributed by atoms with van der Waals surface area (Å²) in [7, 11) is 0. The third kappa shape index (κ3) is 1.67. The van der Waals surface area contributed by atoms with Gasteiger partial charge in [0.25, 0.3) is 0 Å². The van der Waals surface area contributed by atoms with Gasteiger partial charge in [-0.15, -0.1) is 0 Å². The number of aliphatic hydroxyl groups excluding tert-OH is 4. The van der Waals surface area contributed by atoms with E-state index < -0.39 is 49.3 Å². The van der Waals surface area contributed by atoms with Gasteiger partial charge in [0.2, 0.25) is 0 Å². The zero-order valence-corrected chi connectivity index (χ0v) is 8.35. The molecule has 0 aromatic carbocycles. The Kier molecular flexibility index (Phi) is 2.98. The first kappa shape index (κ1) is 11.3. The smallest absolute Gasteiger partial charge is 0.115 e. The van der Waals surface area contributed by atoms with Crippen LogP contribution in [0.3, 0.4) is 0 Å². The topological polar surface area (TPSA) is 99.4 Å². The summed E-state index contributed by atoms with van der Waals surface area (Å²) in [5, 5.41) is 37.9. The maximum atomic E-state index is 9.71. The first-order valence-corrected chi connectivity index (χ1v) is 5.02. The summed E-state index contributed by atoms with van der Waals surface area (Å²) in [4.78, 5) is 0. The lowest BCUT2D eigenvalue weighted by Gasteiger charge is -2.38. The van der Waals surface area contributed by atoms with Gasteiger partial charge in [0.1, 0.15) is 36.6 Å². The third-order valence-electron chi connectivity index (χ3n) is 3.09. The zero-order valence-electron chi connectivity index (χ0n) is 8.35. The van der Waals surface area contributed by atoms with Gasteiger partial charge in [0, 0.05) is 0 Å². The van der Waals surface area contributed by atoms with E-state index in [1.54, 1.807) is 6.92 Å². The lowest BCUT2D eigenvalue weighted by molar-refractivity contribution is -0.223. The average Bonchev–Trinajstić information content (AvgIpc) is 2.50. The van der Waals surface area contributed by atoms with E-state index in [4.69, 9.17) is 14.6 Å². The molecule has 4 N–H and O–H groups in total. The minimum atomic E-state index is -1.19. The normalized spacial score (nSPS) is 55.4. The molecule has 0 amide bonds. The molecule has 88 valence electrons. The fraction of sp³-hybridized carbons (Fsp3) is 1.00. The van der Waals surface area contributed by atoms with Crippen molar-refractivity contribution >= 4 is 0 Å². The largest absolute Gasteiger partial charge is 0.394 e. The minimum absolute atomic E-state index is 0.400. The van der Waals surface area contributed by atoms with E-state index in [1.807, 2.05) is 0 Å². The molecule has 7 atom stereocenters. The van der Waals surface area contributed by atoms with Gasteiger partial charge in [0.05, 0.1) is 12.7 Å². The Labute approximate surface area is 87.1 Å². The molecule has 2 unspecified atom stereocenters. The molecule has 2 fully saturated rings. The van der Waals surface area contributed by atoms with Crippen LogP contribution in [0.25, 0.3) is 0 Å². The van der Waals surface area contributed by atoms with Crippen LogP contribution in [0.2, 0.25) is 0 Å². The van der Waals surface area contributed by atoms with Crippen LogP contribution >= 0.6 is 0 Å². The summed E-state index contributed by atoms with van der Waals surface area (Å²) < 4.78 is 10.6. The summed E-state index contributed by atoms with van der Waals surface area (Å²) in [5.74, 6) is 0. The Balaban J connectivity index is 2.16. The fourth-order valence-electron chi connectivity index (χ4n) is 2.15. The first-order chi connectivity index (χ1) is 7.06. The van der Waals surface area contributed by atoms with Crippen molar-refractivity contribution in [2.24, 2.45) is 0 Å². The van der Waals surface area contributed by atoms with Gasteiger partial charge in [-0.25, -0.2) is 0 Å². The van der Waals surface area contributed by atoms with Crippen LogP contribution in [0.4, 0.5) is 0 Å². The predicted octanol–water partition coefficient (Wildman–Crippen LogP) is -2.38. The van der Waals surface area contributed by atoms with Crippen molar-refractivity contribution in [1.82, 2.24) is 0 Å². The molecule has 2 saturated heterocycles. The van der Waals surface area contributed by atoms with Crippen molar-refractivity contribution in [1.29, 1.82) is 0 Å². The summed E-state index contributed by atoms with van der Waals surface area (Å²) in [6.45, 7) is 1.27. The van der Waals surface area contributed by atoms with Gasteiger partial charge in [-0.3, -0.25) is 0 Å². The lowest BCUT2D eigenvalue weighted by atomic mass is 9.94. The van der Waals surface area contributed by atoms with Gasteiger partial charge >= 0.3 is 0 Å². The highest BCUT2D eigenvalue weighted by atomic mass is 16.6. The van der Waals surface area contributed by atoms with Crippen LogP contribution < -0.4 is 0 Å². The van der Waals surface area contributed by atoms with Gasteiger partial charge in [-0.1, -0.05) is 0 Å². The van der Waals surface area contributed by atoms with Crippen molar-refractivity contribution in [3.63, 3.8) is 0 Å². The van der Waals surface area contributed by atoms with E-state index in [2.05, 4.69) is 0 Å². The van der Waals surface area contributed by atoms with Crippen molar-refractivity contribution < 1.29 is 29.9 Å². The van der Waals surface area contributed by atoms with Crippen LogP contribution in [0.1, 0.15) is 6.92 Å². The Morgan fingerprint density at radius 2 is 1.53 bits per heavy atom. The van der Waals surface area contributed by atoms with E-state index in [0.29, 0.717) is 0 Å². The van der Waals surface area contributed by atoms with Gasteiger partial charge in [-0.05, 0) is 6.92 Å². The standard InChI is InChI=1S/C9H16O6/c1-3-5(11)8-9(14-3)7(13)6(12)4(2-10)15-8/h3-13H,2H2,1H3/t3-,4-,5?,6?,7-,8+,9+/m0/s1. The van der Waals surface area contributed by atoms with E-state index >= 15 is 0 Å². The van der Waals surface area contributed by atoms with E-state index in [1.165, 1.54) is 0 Å². The number of hydrogen-bond donors (Lipinski definition) is 4. The van der Waals surface area contributed by atoms with Crippen LogP contribution in [0.5, 0.6) is 0 Å². The SMILES string of the molecule is C[C@@H]1O[C@H]2[C@H](O[C@@H](CO)C(O)[C@@H]2O)C1O. The Morgan fingerprint density at radius 1 is 0.933 bits per heavy atom. The molecule has 0 bridgehead atoms. The monoisotopic (exact) mass is 220 g/mol. The zero-order chi connectivity index (χ0) is 11.2. The molecule has 0 saturated carbocycles. The maximum Gasteiger partial charge on any atom is 0.115 e. The molecule has 6 nitrogen and oxygen atoms in total. The highest BCUT2D eigenvalue weighted by Crippen LogP contribution is 2.33. The molecular formula is C9H16O6. The third-order valence-corrected chi connectivity index (χ3v) is 3.09. The van der Waals surface area contributed by atoms with Crippen LogP contribution in [-0.2, 0) is 9.47 Å². The lowest BCUT2D eigenvalue weighted by Crippen LogP contribution is -2.58. The second kappa shape index (κ2) is 3.97. The fourth-order valence-corrected chi connectivity index (χ4v) is 2.15. The van der Waals surface area contributed by atoms with Gasteiger partial charge in [-0.2, -0.15) is 0 Å². The summed E-state index contributed by atoms with van der Waals surface area (Å²) in [6, 6.07) is 0. The Morgan fingerprint density at radius 3 is 2.13 bits per heavy atom. The highest BCUT2D eigenvalue weighted by molar-refractivity contribution is 5.01. The Hall–Kier alpha value is -0.240. The van der Waals surface area contributed by atoms with Gasteiger partial charge in [0.15, 0.2) is 0 Å². The molecule has 2 aliphatic heterocycles. The molecular weight excluding hydrogens is 204 g/mol. The van der Waals surface area contributed by atoms with Crippen molar-refractivity contribution in [2.45, 2.75) is 49.7 Å². The molecule has 0 spiro atoms. The molecule has 0 aromatic heterocycles. The van der Waals surface area contributed by atoms with Crippen LogP contribution in [0.15, 0.2) is 0 Å². The molecule has 0 aliphatic carbocycles. The summed E-state index contributed by atoms with van der Waals surface area (Å²) >= 11 is 0. The minimum Gasteiger partial charge on any atom is -0.394 e. The van der Waals surface area contributed by atoms with E-state index in [0.717, 1.165) is 0 Å². The second-order valence-corrected chi connectivity index (χ2v) is 4.10. The molecule has 0 aromatic rings. The second-order valence-electron chi connectivity index (χ2n) is 4.10. The van der Waals surface area contributed by atoms with Gasteiger partial charge < -0.3 is 29.9 Å². The van der Waals surface area contributed by atoms with Crippen molar-refractivity contribution in [3.8, 4) is 0 Å². The van der Waals surface area contributed by atoms with Crippen LogP contribution in [0, 0.1) is 0 Å². The molecule has 2 heterocycles. The van der Waals surface area contributed by atoms with Crippen LogP contribution in [-0.4, -0.2) is 69.8 Å². The summed E-state index contributed by atoms with van der Waals surface area (Å²) in [6.07, 6.45) is -5.90. The number of ether oxygens (including phenoxy) is 2. The highest BCUT2D eigenvalue weighted by Gasteiger charge is 2.53. The maximum absolute atomic E-state index is 9.71. The van der Waals surface area contributed by atoms with E-state index in [9.17, 15) is 15.3 Å². The predicted molar refractivity (Wildman–Crippen MR) is 48.1 cm³/mol. The van der Waals surface area contributed by atoms with Crippen molar-refractivity contribution in [2.75, 3.05) is 6.61 Å². The average molecular weight is 220 g/mol. The first-order valence-electron chi connectivity index (χ1n) is 5.02. The molecule has 15 heavy (non-hydrogen) atoms. The molecule has 6 heteroatoms. The summed E-state index contributed by atoms with van der Waals surface area (Å²) in [5.41, 5.74) is 0. The number of fused-ring (bicyclic) bond motifs is 1.